The summed E-state index contributed by atoms with van der Waals surface area (Å²) in [6.07, 6.45) is 3.91. The number of hydrogen-bond acceptors (Lipinski definition) is 3. The maximum Gasteiger partial charge on any atom is 0.115 e. The highest BCUT2D eigenvalue weighted by molar-refractivity contribution is 5.27. The average Bonchev–Trinajstić information content (AvgIpc) is 2.88. The molecular formula is C14H19NO2. The molecule has 2 saturated heterocycles. The van der Waals surface area contributed by atoms with E-state index >= 15 is 0 Å². The van der Waals surface area contributed by atoms with Crippen LogP contribution >= 0.6 is 0 Å². The van der Waals surface area contributed by atoms with E-state index < -0.39 is 5.60 Å². The summed E-state index contributed by atoms with van der Waals surface area (Å²) in [5.74, 6) is 0.287. The van der Waals surface area contributed by atoms with Gasteiger partial charge in [-0.2, -0.15) is 0 Å². The molecular weight excluding hydrogens is 214 g/mol. The van der Waals surface area contributed by atoms with E-state index in [0.29, 0.717) is 12.5 Å². The summed E-state index contributed by atoms with van der Waals surface area (Å²) >= 11 is 0. The van der Waals surface area contributed by atoms with Crippen molar-refractivity contribution in [2.24, 2.45) is 0 Å². The van der Waals surface area contributed by atoms with E-state index in [2.05, 4.69) is 4.90 Å². The highest BCUT2D eigenvalue weighted by Crippen LogP contribution is 2.38. The van der Waals surface area contributed by atoms with Crippen molar-refractivity contribution >= 4 is 0 Å². The Kier molecular flexibility index (Phi) is 2.60. The van der Waals surface area contributed by atoms with Gasteiger partial charge in [0.15, 0.2) is 0 Å². The van der Waals surface area contributed by atoms with Gasteiger partial charge in [-0.3, -0.25) is 4.90 Å². The highest BCUT2D eigenvalue weighted by atomic mass is 16.3. The number of hydrogen-bond donors (Lipinski definition) is 2. The lowest BCUT2D eigenvalue weighted by Crippen LogP contribution is -2.42. The number of phenols is 1. The van der Waals surface area contributed by atoms with Crippen molar-refractivity contribution in [3.8, 4) is 5.75 Å². The highest BCUT2D eigenvalue weighted by Gasteiger charge is 2.47. The molecule has 0 amide bonds. The third-order valence-electron chi connectivity index (χ3n) is 4.26. The van der Waals surface area contributed by atoms with E-state index in [0.717, 1.165) is 31.5 Å². The number of aliphatic hydroxyl groups is 1. The van der Waals surface area contributed by atoms with E-state index in [-0.39, 0.29) is 5.75 Å². The maximum atomic E-state index is 10.8. The molecule has 2 atom stereocenters. The van der Waals surface area contributed by atoms with E-state index in [1.54, 1.807) is 12.1 Å². The number of rotatable bonds is 2. The molecule has 1 aromatic carbocycles. The predicted molar refractivity (Wildman–Crippen MR) is 66.0 cm³/mol. The number of aromatic hydroxyl groups is 1. The first kappa shape index (κ1) is 11.1. The van der Waals surface area contributed by atoms with Crippen molar-refractivity contribution in [1.82, 2.24) is 4.90 Å². The number of fused-ring (bicyclic) bond motifs is 1. The molecule has 3 nitrogen and oxygen atoms in total. The van der Waals surface area contributed by atoms with Crippen LogP contribution in [0.3, 0.4) is 0 Å². The van der Waals surface area contributed by atoms with Crippen LogP contribution < -0.4 is 0 Å². The third kappa shape index (κ3) is 1.94. The average molecular weight is 233 g/mol. The summed E-state index contributed by atoms with van der Waals surface area (Å²) < 4.78 is 0. The van der Waals surface area contributed by atoms with Gasteiger partial charge in [0.1, 0.15) is 5.75 Å². The van der Waals surface area contributed by atoms with Crippen LogP contribution in [0.1, 0.15) is 24.8 Å². The summed E-state index contributed by atoms with van der Waals surface area (Å²) in [7, 11) is 0. The smallest absolute Gasteiger partial charge is 0.115 e. The topological polar surface area (TPSA) is 43.7 Å². The molecule has 92 valence electrons. The van der Waals surface area contributed by atoms with Crippen molar-refractivity contribution in [2.75, 3.05) is 13.1 Å². The van der Waals surface area contributed by atoms with Crippen molar-refractivity contribution in [3.05, 3.63) is 29.8 Å². The van der Waals surface area contributed by atoms with Crippen LogP contribution in [0.2, 0.25) is 0 Å². The molecule has 17 heavy (non-hydrogen) atoms. The maximum absolute atomic E-state index is 10.8. The first-order valence-corrected chi connectivity index (χ1v) is 6.42. The second kappa shape index (κ2) is 4.00. The van der Waals surface area contributed by atoms with Gasteiger partial charge < -0.3 is 10.2 Å². The quantitative estimate of drug-likeness (QED) is 0.814. The van der Waals surface area contributed by atoms with Crippen molar-refractivity contribution in [3.63, 3.8) is 0 Å². The molecule has 3 rings (SSSR count). The van der Waals surface area contributed by atoms with Gasteiger partial charge in [0, 0.05) is 19.0 Å². The van der Waals surface area contributed by atoms with Gasteiger partial charge in [-0.05, 0) is 43.5 Å². The third-order valence-corrected chi connectivity index (χ3v) is 4.26. The van der Waals surface area contributed by atoms with Crippen LogP contribution in [0.25, 0.3) is 0 Å². The molecule has 0 radical (unpaired) electrons. The van der Waals surface area contributed by atoms with Gasteiger partial charge >= 0.3 is 0 Å². The summed E-state index contributed by atoms with van der Waals surface area (Å²) in [4.78, 5) is 2.42. The Bertz CT molecular complexity index is 403. The Labute approximate surface area is 102 Å². The predicted octanol–water partition coefficient (Wildman–Crippen LogP) is 1.53. The second-order valence-electron chi connectivity index (χ2n) is 5.39. The standard InChI is InChI=1S/C14H19NO2/c16-12-5-3-11(4-6-12)10-14(17)7-9-15-8-1-2-13(14)15/h3-6,13,16-17H,1-2,7-10H2. The monoisotopic (exact) mass is 233 g/mol. The number of nitrogens with zero attached hydrogens (tertiary/aromatic N) is 1. The van der Waals surface area contributed by atoms with Crippen LogP contribution in [-0.4, -0.2) is 39.8 Å². The summed E-state index contributed by atoms with van der Waals surface area (Å²) in [6, 6.07) is 7.55. The van der Waals surface area contributed by atoms with Crippen molar-refractivity contribution in [2.45, 2.75) is 37.3 Å². The number of phenolic OH excluding ortho intramolecular Hbond substituents is 1. The Morgan fingerprint density at radius 2 is 2.00 bits per heavy atom. The zero-order chi connectivity index (χ0) is 11.9. The molecule has 2 N–H and O–H groups in total. The molecule has 3 heteroatoms. The first-order valence-electron chi connectivity index (χ1n) is 6.42. The van der Waals surface area contributed by atoms with E-state index in [4.69, 9.17) is 0 Å². The Balaban J connectivity index is 1.77. The molecule has 2 aliphatic heterocycles. The van der Waals surface area contributed by atoms with E-state index in [1.807, 2.05) is 12.1 Å². The minimum atomic E-state index is -0.562. The minimum absolute atomic E-state index is 0.287. The lowest BCUT2D eigenvalue weighted by Gasteiger charge is -2.30. The fraction of sp³-hybridized carbons (Fsp3) is 0.571. The zero-order valence-electron chi connectivity index (χ0n) is 9.97. The van der Waals surface area contributed by atoms with Crippen LogP contribution in [-0.2, 0) is 6.42 Å². The summed E-state index contributed by atoms with van der Waals surface area (Å²) in [5.41, 5.74) is 0.548. The zero-order valence-corrected chi connectivity index (χ0v) is 9.97. The van der Waals surface area contributed by atoms with Gasteiger partial charge in [-0.15, -0.1) is 0 Å². The van der Waals surface area contributed by atoms with Crippen molar-refractivity contribution in [1.29, 1.82) is 0 Å². The van der Waals surface area contributed by atoms with Gasteiger partial charge in [0.25, 0.3) is 0 Å². The van der Waals surface area contributed by atoms with Gasteiger partial charge in [-0.25, -0.2) is 0 Å². The molecule has 1 aromatic rings. The molecule has 2 heterocycles. The Hall–Kier alpha value is -1.06. The normalized spacial score (nSPS) is 32.9. The van der Waals surface area contributed by atoms with Gasteiger partial charge in [0.2, 0.25) is 0 Å². The second-order valence-corrected chi connectivity index (χ2v) is 5.39. The molecule has 0 aliphatic carbocycles. The number of benzene rings is 1. The lowest BCUT2D eigenvalue weighted by atomic mass is 9.86. The molecule has 2 fully saturated rings. The summed E-state index contributed by atoms with van der Waals surface area (Å²) in [6.45, 7) is 2.17. The van der Waals surface area contributed by atoms with Crippen LogP contribution in [0.15, 0.2) is 24.3 Å². The minimum Gasteiger partial charge on any atom is -0.508 e. The van der Waals surface area contributed by atoms with Gasteiger partial charge in [0.05, 0.1) is 5.60 Å². The molecule has 0 saturated carbocycles. The molecule has 0 bridgehead atoms. The fourth-order valence-corrected chi connectivity index (χ4v) is 3.38. The van der Waals surface area contributed by atoms with Crippen LogP contribution in [0.5, 0.6) is 5.75 Å². The largest absolute Gasteiger partial charge is 0.508 e. The van der Waals surface area contributed by atoms with E-state index in [9.17, 15) is 10.2 Å². The van der Waals surface area contributed by atoms with Gasteiger partial charge in [-0.1, -0.05) is 12.1 Å². The molecule has 2 unspecified atom stereocenters. The first-order chi connectivity index (χ1) is 8.17. The molecule has 0 spiro atoms. The molecule has 0 aromatic heterocycles. The Morgan fingerprint density at radius 1 is 1.24 bits per heavy atom. The van der Waals surface area contributed by atoms with Crippen LogP contribution in [0.4, 0.5) is 0 Å². The SMILES string of the molecule is Oc1ccc(CC2(O)CCN3CCCC32)cc1. The Morgan fingerprint density at radius 3 is 2.76 bits per heavy atom. The van der Waals surface area contributed by atoms with Crippen molar-refractivity contribution < 1.29 is 10.2 Å². The van der Waals surface area contributed by atoms with E-state index in [1.165, 1.54) is 6.42 Å². The molecule has 2 aliphatic rings. The lowest BCUT2D eigenvalue weighted by molar-refractivity contribution is 0.0141. The fourth-order valence-electron chi connectivity index (χ4n) is 3.38. The summed E-state index contributed by atoms with van der Waals surface area (Å²) in [5, 5.41) is 20.0. The van der Waals surface area contributed by atoms with Crippen LogP contribution in [0, 0.1) is 0 Å².